The third-order valence-electron chi connectivity index (χ3n) is 3.86. The first-order valence-electron chi connectivity index (χ1n) is 7.32. The molecule has 0 saturated carbocycles. The van der Waals surface area contributed by atoms with Crippen LogP contribution in [0.3, 0.4) is 0 Å². The molecule has 1 aliphatic rings. The Labute approximate surface area is 146 Å². The van der Waals surface area contributed by atoms with Crippen LogP contribution < -0.4 is 5.32 Å². The van der Waals surface area contributed by atoms with Crippen LogP contribution in [-0.4, -0.2) is 28.9 Å². The van der Waals surface area contributed by atoms with Crippen LogP contribution in [0.4, 0.5) is 5.13 Å². The van der Waals surface area contributed by atoms with E-state index in [4.69, 9.17) is 0 Å². The summed E-state index contributed by atoms with van der Waals surface area (Å²) >= 11 is 6.36. The number of amides is 1. The smallest absolute Gasteiger partial charge is 0.258 e. The van der Waals surface area contributed by atoms with E-state index in [1.54, 1.807) is 0 Å². The molecular formula is C15H18BrN3OS2. The lowest BCUT2D eigenvalue weighted by molar-refractivity contribution is 0.102. The average molecular weight is 400 g/mol. The van der Waals surface area contributed by atoms with E-state index in [1.165, 1.54) is 35.5 Å². The predicted octanol–water partition coefficient (Wildman–Crippen LogP) is 4.45. The predicted molar refractivity (Wildman–Crippen MR) is 95.8 cm³/mol. The van der Waals surface area contributed by atoms with Crippen LogP contribution in [0.2, 0.25) is 0 Å². The molecule has 0 radical (unpaired) electrons. The summed E-state index contributed by atoms with van der Waals surface area (Å²) in [6, 6.07) is 1.82. The Morgan fingerprint density at radius 3 is 2.86 bits per heavy atom. The highest BCUT2D eigenvalue weighted by molar-refractivity contribution is 9.11. The molecule has 1 amide bonds. The maximum absolute atomic E-state index is 12.1. The normalized spacial score (nSPS) is 16.8. The topological polar surface area (TPSA) is 45.2 Å². The van der Waals surface area contributed by atoms with E-state index in [-0.39, 0.29) is 5.91 Å². The molecular weight excluding hydrogens is 382 g/mol. The maximum Gasteiger partial charge on any atom is 0.258 e. The highest BCUT2D eigenvalue weighted by Crippen LogP contribution is 2.23. The van der Waals surface area contributed by atoms with Crippen molar-refractivity contribution in [2.75, 3.05) is 18.4 Å². The lowest BCUT2D eigenvalue weighted by atomic mass is 9.99. The van der Waals surface area contributed by atoms with Gasteiger partial charge in [-0.3, -0.25) is 15.0 Å². The van der Waals surface area contributed by atoms with Crippen molar-refractivity contribution < 1.29 is 4.79 Å². The fraction of sp³-hybridized carbons (Fsp3) is 0.467. The number of rotatable bonds is 4. The van der Waals surface area contributed by atoms with Gasteiger partial charge in [-0.05, 0) is 53.8 Å². The van der Waals surface area contributed by atoms with E-state index in [9.17, 15) is 4.79 Å². The van der Waals surface area contributed by atoms with Crippen LogP contribution in [0, 0.1) is 5.92 Å². The Balaban J connectivity index is 1.56. The van der Waals surface area contributed by atoms with Crippen LogP contribution in [0.5, 0.6) is 0 Å². The number of carbonyl (C=O) groups is 1. The summed E-state index contributed by atoms with van der Waals surface area (Å²) in [6.45, 7) is 5.48. The number of aromatic nitrogens is 1. The summed E-state index contributed by atoms with van der Waals surface area (Å²) in [5.41, 5.74) is 1.71. The zero-order valence-electron chi connectivity index (χ0n) is 12.3. The second-order valence-corrected chi connectivity index (χ2v) is 8.84. The lowest BCUT2D eigenvalue weighted by Gasteiger charge is -2.29. The molecule has 1 fully saturated rings. The average Bonchev–Trinajstić information content (AvgIpc) is 3.11. The summed E-state index contributed by atoms with van der Waals surface area (Å²) in [5.74, 6) is 0.737. The largest absolute Gasteiger partial charge is 0.298 e. The molecule has 7 heteroatoms. The van der Waals surface area contributed by atoms with Gasteiger partial charge >= 0.3 is 0 Å². The lowest BCUT2D eigenvalue weighted by Crippen LogP contribution is -2.32. The number of halogens is 1. The molecule has 3 heterocycles. The van der Waals surface area contributed by atoms with Crippen molar-refractivity contribution >= 4 is 49.6 Å². The number of hydrogen-bond donors (Lipinski definition) is 1. The second kappa shape index (κ2) is 7.21. The highest BCUT2D eigenvalue weighted by atomic mass is 79.9. The Hall–Kier alpha value is -0.760. The molecule has 22 heavy (non-hydrogen) atoms. The molecule has 2 aromatic heterocycles. The SMILES string of the molecule is CC1CCN(Cc2csc(NC(=O)c3csc(Br)c3)n2)CC1. The number of thiophene rings is 1. The zero-order chi connectivity index (χ0) is 15.5. The van der Waals surface area contributed by atoms with Crippen molar-refractivity contribution in [3.63, 3.8) is 0 Å². The number of piperidine rings is 1. The van der Waals surface area contributed by atoms with Crippen molar-refractivity contribution in [3.05, 3.63) is 31.9 Å². The molecule has 0 bridgehead atoms. The quantitative estimate of drug-likeness (QED) is 0.825. The summed E-state index contributed by atoms with van der Waals surface area (Å²) in [6.07, 6.45) is 2.53. The summed E-state index contributed by atoms with van der Waals surface area (Å²) < 4.78 is 0.955. The monoisotopic (exact) mass is 399 g/mol. The first-order valence-corrected chi connectivity index (χ1v) is 9.87. The Morgan fingerprint density at radius 1 is 1.41 bits per heavy atom. The zero-order valence-corrected chi connectivity index (χ0v) is 15.6. The number of anilines is 1. The van der Waals surface area contributed by atoms with Crippen molar-refractivity contribution in [2.24, 2.45) is 5.92 Å². The van der Waals surface area contributed by atoms with Gasteiger partial charge in [-0.15, -0.1) is 22.7 Å². The number of likely N-dealkylation sites (tertiary alicyclic amines) is 1. The minimum absolute atomic E-state index is 0.102. The molecule has 1 aliphatic heterocycles. The van der Waals surface area contributed by atoms with Gasteiger partial charge in [0.2, 0.25) is 0 Å². The van der Waals surface area contributed by atoms with E-state index in [2.05, 4.69) is 38.1 Å². The molecule has 3 rings (SSSR count). The van der Waals surface area contributed by atoms with E-state index >= 15 is 0 Å². The van der Waals surface area contributed by atoms with E-state index in [0.717, 1.165) is 35.0 Å². The van der Waals surface area contributed by atoms with Gasteiger partial charge in [-0.1, -0.05) is 6.92 Å². The van der Waals surface area contributed by atoms with E-state index in [1.807, 2.05) is 16.8 Å². The summed E-state index contributed by atoms with van der Waals surface area (Å²) in [5, 5.41) is 7.42. The first kappa shape index (κ1) is 16.1. The number of thiazole rings is 1. The van der Waals surface area contributed by atoms with Gasteiger partial charge in [0.15, 0.2) is 5.13 Å². The van der Waals surface area contributed by atoms with E-state index < -0.39 is 0 Å². The first-order chi connectivity index (χ1) is 10.6. The Morgan fingerprint density at radius 2 is 2.18 bits per heavy atom. The van der Waals surface area contributed by atoms with Gasteiger partial charge in [0.05, 0.1) is 15.0 Å². The number of hydrogen-bond acceptors (Lipinski definition) is 5. The maximum atomic E-state index is 12.1. The van der Waals surface area contributed by atoms with E-state index in [0.29, 0.717) is 10.7 Å². The van der Waals surface area contributed by atoms with Crippen LogP contribution in [-0.2, 0) is 6.54 Å². The molecule has 2 aromatic rings. The van der Waals surface area contributed by atoms with Gasteiger partial charge in [-0.25, -0.2) is 4.98 Å². The van der Waals surface area contributed by atoms with Gasteiger partial charge in [0.1, 0.15) is 0 Å². The second-order valence-electron chi connectivity index (χ2n) is 5.70. The molecule has 4 nitrogen and oxygen atoms in total. The summed E-state index contributed by atoms with van der Waals surface area (Å²) in [7, 11) is 0. The fourth-order valence-electron chi connectivity index (χ4n) is 2.48. The van der Waals surface area contributed by atoms with Crippen LogP contribution in [0.15, 0.2) is 20.6 Å². The van der Waals surface area contributed by atoms with Gasteiger partial charge in [0.25, 0.3) is 5.91 Å². The Kier molecular flexibility index (Phi) is 5.28. The molecule has 0 atom stereocenters. The molecule has 0 aliphatic carbocycles. The number of nitrogens with one attached hydrogen (secondary N) is 1. The van der Waals surface area contributed by atoms with Crippen LogP contribution >= 0.6 is 38.6 Å². The molecule has 1 N–H and O–H groups in total. The number of nitrogens with zero attached hydrogens (tertiary/aromatic N) is 2. The highest BCUT2D eigenvalue weighted by Gasteiger charge is 2.17. The third kappa shape index (κ3) is 4.16. The standard InChI is InChI=1S/C15H18BrN3OS2/c1-10-2-4-19(5-3-10)7-12-9-22-15(17-12)18-14(20)11-6-13(16)21-8-11/h6,8-10H,2-5,7H2,1H3,(H,17,18,20). The molecule has 1 saturated heterocycles. The van der Waals surface area contributed by atoms with Gasteiger partial charge in [0, 0.05) is 17.3 Å². The summed E-state index contributed by atoms with van der Waals surface area (Å²) in [4.78, 5) is 19.1. The number of carbonyl (C=O) groups excluding carboxylic acids is 1. The molecule has 0 spiro atoms. The fourth-order valence-corrected chi connectivity index (χ4v) is 4.32. The van der Waals surface area contributed by atoms with Crippen molar-refractivity contribution in [3.8, 4) is 0 Å². The minimum Gasteiger partial charge on any atom is -0.298 e. The molecule has 0 aromatic carbocycles. The van der Waals surface area contributed by atoms with Gasteiger partial charge in [-0.2, -0.15) is 0 Å². The van der Waals surface area contributed by atoms with Crippen LogP contribution in [0.25, 0.3) is 0 Å². The van der Waals surface area contributed by atoms with Gasteiger partial charge < -0.3 is 0 Å². The molecule has 0 unspecified atom stereocenters. The van der Waals surface area contributed by atoms with Crippen molar-refractivity contribution in [1.29, 1.82) is 0 Å². The van der Waals surface area contributed by atoms with Crippen LogP contribution in [0.1, 0.15) is 35.8 Å². The molecule has 118 valence electrons. The van der Waals surface area contributed by atoms with Crippen molar-refractivity contribution in [1.82, 2.24) is 9.88 Å². The van der Waals surface area contributed by atoms with Crippen molar-refractivity contribution in [2.45, 2.75) is 26.3 Å². The third-order valence-corrected chi connectivity index (χ3v) is 6.17. The minimum atomic E-state index is -0.102. The Bertz CT molecular complexity index is 647.